The van der Waals surface area contributed by atoms with Gasteiger partial charge in [0.05, 0.1) is 18.4 Å². The Kier molecular flexibility index (Phi) is 5.99. The van der Waals surface area contributed by atoms with Crippen molar-refractivity contribution in [2.24, 2.45) is 0 Å². The van der Waals surface area contributed by atoms with Crippen molar-refractivity contribution in [2.75, 3.05) is 12.4 Å². The van der Waals surface area contributed by atoms with E-state index in [1.165, 1.54) is 48.2 Å². The van der Waals surface area contributed by atoms with E-state index in [9.17, 15) is 18.4 Å². The number of hydrogen-bond donors (Lipinski definition) is 1. The van der Waals surface area contributed by atoms with E-state index in [2.05, 4.69) is 10.4 Å². The number of carbonyl (C=O) groups excluding carboxylic acids is 1. The summed E-state index contributed by atoms with van der Waals surface area (Å²) in [6, 6.07) is 17.3. The maximum Gasteiger partial charge on any atom is 0.256 e. The van der Waals surface area contributed by atoms with Crippen molar-refractivity contribution in [1.29, 1.82) is 0 Å². The number of amides is 1. The molecule has 8 heteroatoms. The van der Waals surface area contributed by atoms with Gasteiger partial charge in [-0.05, 0) is 61.5 Å². The van der Waals surface area contributed by atoms with Gasteiger partial charge in [0.15, 0.2) is 0 Å². The van der Waals surface area contributed by atoms with E-state index in [1.807, 2.05) is 0 Å². The van der Waals surface area contributed by atoms with Crippen LogP contribution in [0.5, 0.6) is 5.75 Å². The molecule has 0 bridgehead atoms. The van der Waals surface area contributed by atoms with Gasteiger partial charge >= 0.3 is 0 Å². The highest BCUT2D eigenvalue weighted by Gasteiger charge is 2.23. The monoisotopic (exact) mass is 447 g/mol. The molecule has 1 aromatic heterocycles. The Bertz CT molecular complexity index is 1380. The molecule has 0 atom stereocenters. The second kappa shape index (κ2) is 9.04. The summed E-state index contributed by atoms with van der Waals surface area (Å²) in [5, 5.41) is 7.08. The third-order valence-corrected chi connectivity index (χ3v) is 5.04. The number of nitrogens with zero attached hydrogens (tertiary/aromatic N) is 2. The van der Waals surface area contributed by atoms with Crippen LogP contribution >= 0.6 is 0 Å². The number of hydrogen-bond acceptors (Lipinski definition) is 4. The van der Waals surface area contributed by atoms with Crippen molar-refractivity contribution in [3.05, 3.63) is 106 Å². The molecule has 0 saturated heterocycles. The molecular formula is C25H19F2N3O3. The molecule has 0 fully saturated rings. The molecule has 1 heterocycles. The Labute approximate surface area is 188 Å². The number of rotatable bonds is 5. The number of aromatic nitrogens is 2. The lowest BCUT2D eigenvalue weighted by Crippen LogP contribution is -2.25. The van der Waals surface area contributed by atoms with Crippen LogP contribution in [0.1, 0.15) is 16.1 Å². The summed E-state index contributed by atoms with van der Waals surface area (Å²) < 4.78 is 33.7. The van der Waals surface area contributed by atoms with Gasteiger partial charge < -0.3 is 10.1 Å². The van der Waals surface area contributed by atoms with Gasteiger partial charge in [-0.2, -0.15) is 5.10 Å². The normalized spacial score (nSPS) is 10.7. The lowest BCUT2D eigenvalue weighted by Gasteiger charge is -2.19. The average molecular weight is 447 g/mol. The van der Waals surface area contributed by atoms with E-state index in [-0.39, 0.29) is 22.6 Å². The van der Waals surface area contributed by atoms with Gasteiger partial charge in [-0.25, -0.2) is 13.5 Å². The predicted octanol–water partition coefficient (Wildman–Crippen LogP) is 4.75. The van der Waals surface area contributed by atoms with Crippen LogP contribution in [0.3, 0.4) is 0 Å². The number of halogens is 2. The van der Waals surface area contributed by atoms with Crippen molar-refractivity contribution < 1.29 is 18.3 Å². The van der Waals surface area contributed by atoms with E-state index >= 15 is 0 Å². The van der Waals surface area contributed by atoms with Crippen LogP contribution in [-0.4, -0.2) is 22.8 Å². The summed E-state index contributed by atoms with van der Waals surface area (Å²) in [5.74, 6) is -1.02. The van der Waals surface area contributed by atoms with Gasteiger partial charge in [-0.3, -0.25) is 9.59 Å². The standard InChI is InChI=1S/C25H19F2N3O3/c1-15-23(31)22(20-5-3-4-6-21(20)33-2)24(28-25(32)16-7-9-17(26)10-8-16)30(29-15)19-13-11-18(27)12-14-19/h3-14H,1-2H3,(H,28,32). The summed E-state index contributed by atoms with van der Waals surface area (Å²) in [7, 11) is 1.47. The molecular weight excluding hydrogens is 428 g/mol. The van der Waals surface area contributed by atoms with Crippen LogP contribution in [0.4, 0.5) is 14.6 Å². The number of ether oxygens (including phenoxy) is 1. The number of methoxy groups -OCH3 is 1. The molecule has 0 aliphatic carbocycles. The molecule has 33 heavy (non-hydrogen) atoms. The molecule has 1 amide bonds. The zero-order valence-electron chi connectivity index (χ0n) is 17.8. The van der Waals surface area contributed by atoms with Crippen molar-refractivity contribution in [1.82, 2.24) is 9.78 Å². The van der Waals surface area contributed by atoms with E-state index in [0.29, 0.717) is 17.0 Å². The molecule has 166 valence electrons. The van der Waals surface area contributed by atoms with Crippen molar-refractivity contribution in [3.63, 3.8) is 0 Å². The molecule has 4 aromatic rings. The minimum Gasteiger partial charge on any atom is -0.496 e. The molecule has 0 radical (unpaired) electrons. The molecule has 0 aliphatic rings. The first-order chi connectivity index (χ1) is 15.9. The maximum absolute atomic E-state index is 13.6. The second-order valence-corrected chi connectivity index (χ2v) is 7.19. The molecule has 6 nitrogen and oxygen atoms in total. The van der Waals surface area contributed by atoms with Gasteiger partial charge in [0, 0.05) is 11.1 Å². The molecule has 0 aliphatic heterocycles. The zero-order valence-corrected chi connectivity index (χ0v) is 17.8. The smallest absolute Gasteiger partial charge is 0.256 e. The lowest BCUT2D eigenvalue weighted by atomic mass is 10.0. The largest absolute Gasteiger partial charge is 0.496 e. The summed E-state index contributed by atoms with van der Waals surface area (Å²) in [5.41, 5.74) is 0.957. The second-order valence-electron chi connectivity index (χ2n) is 7.19. The van der Waals surface area contributed by atoms with Crippen molar-refractivity contribution >= 4 is 11.7 Å². The number of nitrogens with one attached hydrogen (secondary N) is 1. The first kappa shape index (κ1) is 21.9. The Morgan fingerprint density at radius 3 is 2.18 bits per heavy atom. The Balaban J connectivity index is 1.98. The van der Waals surface area contributed by atoms with Crippen LogP contribution in [0, 0.1) is 18.6 Å². The van der Waals surface area contributed by atoms with Crippen LogP contribution in [0.2, 0.25) is 0 Å². The summed E-state index contributed by atoms with van der Waals surface area (Å²) >= 11 is 0. The number of aryl methyl sites for hydroxylation is 1. The average Bonchev–Trinajstić information content (AvgIpc) is 2.82. The fourth-order valence-electron chi connectivity index (χ4n) is 3.41. The van der Waals surface area contributed by atoms with Gasteiger partial charge in [0.25, 0.3) is 5.91 Å². The number of anilines is 1. The highest BCUT2D eigenvalue weighted by atomic mass is 19.1. The van der Waals surface area contributed by atoms with Crippen LogP contribution in [0.15, 0.2) is 77.6 Å². The number of benzene rings is 3. The molecule has 4 rings (SSSR count). The Hall–Kier alpha value is -4.33. The Morgan fingerprint density at radius 2 is 1.55 bits per heavy atom. The molecule has 0 unspecified atom stereocenters. The molecule has 0 saturated carbocycles. The fraction of sp³-hybridized carbons (Fsp3) is 0.0800. The minimum absolute atomic E-state index is 0.0658. The topological polar surface area (TPSA) is 73.2 Å². The first-order valence-electron chi connectivity index (χ1n) is 9.99. The minimum atomic E-state index is -0.577. The summed E-state index contributed by atoms with van der Waals surface area (Å²) in [6.07, 6.45) is 0. The van der Waals surface area contributed by atoms with E-state index in [1.54, 1.807) is 31.2 Å². The van der Waals surface area contributed by atoms with Gasteiger partial charge in [0.2, 0.25) is 5.43 Å². The van der Waals surface area contributed by atoms with E-state index in [0.717, 1.165) is 12.1 Å². The molecule has 0 spiro atoms. The molecule has 3 aromatic carbocycles. The van der Waals surface area contributed by atoms with Crippen molar-refractivity contribution in [3.8, 4) is 22.6 Å². The molecule has 1 N–H and O–H groups in total. The first-order valence-corrected chi connectivity index (χ1v) is 9.99. The number of para-hydroxylation sites is 1. The summed E-state index contributed by atoms with van der Waals surface area (Å²) in [6.45, 7) is 1.55. The quantitative estimate of drug-likeness (QED) is 0.479. The fourth-order valence-corrected chi connectivity index (χ4v) is 3.41. The van der Waals surface area contributed by atoms with Crippen LogP contribution in [0.25, 0.3) is 16.8 Å². The SMILES string of the molecule is COc1ccccc1-c1c(NC(=O)c2ccc(F)cc2)n(-c2ccc(F)cc2)nc(C)c1=O. The van der Waals surface area contributed by atoms with E-state index in [4.69, 9.17) is 4.74 Å². The van der Waals surface area contributed by atoms with Crippen molar-refractivity contribution in [2.45, 2.75) is 6.92 Å². The predicted molar refractivity (Wildman–Crippen MR) is 121 cm³/mol. The Morgan fingerprint density at radius 1 is 0.939 bits per heavy atom. The van der Waals surface area contributed by atoms with E-state index < -0.39 is 23.0 Å². The highest BCUT2D eigenvalue weighted by Crippen LogP contribution is 2.33. The highest BCUT2D eigenvalue weighted by molar-refractivity contribution is 6.06. The zero-order chi connectivity index (χ0) is 23.5. The van der Waals surface area contributed by atoms with Crippen LogP contribution < -0.4 is 15.5 Å². The third kappa shape index (κ3) is 4.36. The lowest BCUT2D eigenvalue weighted by molar-refractivity contribution is 0.102. The maximum atomic E-state index is 13.6. The third-order valence-electron chi connectivity index (χ3n) is 5.04. The number of carbonyl (C=O) groups is 1. The van der Waals surface area contributed by atoms with Gasteiger partial charge in [0.1, 0.15) is 28.9 Å². The summed E-state index contributed by atoms with van der Waals surface area (Å²) in [4.78, 5) is 26.3. The van der Waals surface area contributed by atoms with Gasteiger partial charge in [-0.1, -0.05) is 18.2 Å². The van der Waals surface area contributed by atoms with Gasteiger partial charge in [-0.15, -0.1) is 0 Å². The van der Waals surface area contributed by atoms with Crippen LogP contribution in [-0.2, 0) is 0 Å².